The lowest BCUT2D eigenvalue weighted by Crippen LogP contribution is -2.28. The second-order valence-corrected chi connectivity index (χ2v) is 6.04. The second-order valence-electron chi connectivity index (χ2n) is 5.10. The predicted molar refractivity (Wildman–Crippen MR) is 67.1 cm³/mol. The lowest BCUT2D eigenvalue weighted by atomic mass is 10.0. The van der Waals surface area contributed by atoms with E-state index in [1.165, 1.54) is 4.88 Å². The van der Waals surface area contributed by atoms with Gasteiger partial charge >= 0.3 is 5.97 Å². The minimum atomic E-state index is -0.676. The van der Waals surface area contributed by atoms with Gasteiger partial charge in [0, 0.05) is 18.0 Å². The number of thiazole rings is 1. The van der Waals surface area contributed by atoms with Gasteiger partial charge in [0.1, 0.15) is 0 Å². The van der Waals surface area contributed by atoms with E-state index < -0.39 is 5.97 Å². The molecular formula is C12H18N2O2S. The Hall–Kier alpha value is -0.940. The molecule has 0 saturated heterocycles. The Morgan fingerprint density at radius 2 is 2.35 bits per heavy atom. The van der Waals surface area contributed by atoms with Crippen LogP contribution in [0.25, 0.3) is 0 Å². The first kappa shape index (κ1) is 12.5. The summed E-state index contributed by atoms with van der Waals surface area (Å²) < 4.78 is 0. The van der Waals surface area contributed by atoms with Gasteiger partial charge in [-0.3, -0.25) is 4.79 Å². The van der Waals surface area contributed by atoms with Crippen LogP contribution in [0.2, 0.25) is 0 Å². The molecule has 0 unspecified atom stereocenters. The van der Waals surface area contributed by atoms with Gasteiger partial charge in [-0.25, -0.2) is 4.98 Å². The fourth-order valence-corrected chi connectivity index (χ4v) is 3.10. The van der Waals surface area contributed by atoms with Gasteiger partial charge in [0.05, 0.1) is 17.6 Å². The molecule has 0 amide bonds. The Kier molecular flexibility index (Phi) is 3.49. The van der Waals surface area contributed by atoms with Crippen molar-refractivity contribution in [1.82, 2.24) is 9.88 Å². The van der Waals surface area contributed by atoms with Gasteiger partial charge in [-0.15, -0.1) is 11.3 Å². The summed E-state index contributed by atoms with van der Waals surface area (Å²) in [5.74, 6) is -0.676. The zero-order chi connectivity index (χ0) is 12.5. The fourth-order valence-electron chi connectivity index (χ4n) is 2.24. The van der Waals surface area contributed by atoms with E-state index >= 15 is 0 Å². The summed E-state index contributed by atoms with van der Waals surface area (Å²) in [5, 5.41) is 8.88. The molecule has 1 aliphatic rings. The average molecular weight is 254 g/mol. The lowest BCUT2D eigenvalue weighted by Gasteiger charge is -2.22. The number of hydrogen-bond donors (Lipinski definition) is 1. The highest BCUT2D eigenvalue weighted by atomic mass is 32.1. The number of hydrogen-bond acceptors (Lipinski definition) is 4. The van der Waals surface area contributed by atoms with Crippen molar-refractivity contribution in [3.63, 3.8) is 0 Å². The fraction of sp³-hybridized carbons (Fsp3) is 0.667. The second kappa shape index (κ2) is 4.74. The van der Waals surface area contributed by atoms with Crippen molar-refractivity contribution in [1.29, 1.82) is 0 Å². The third kappa shape index (κ3) is 3.26. The van der Waals surface area contributed by atoms with E-state index in [4.69, 9.17) is 5.11 Å². The van der Waals surface area contributed by atoms with Gasteiger partial charge in [0.2, 0.25) is 0 Å². The third-order valence-electron chi connectivity index (χ3n) is 3.35. The molecule has 94 valence electrons. The zero-order valence-corrected chi connectivity index (χ0v) is 11.1. The van der Waals surface area contributed by atoms with Crippen LogP contribution in [0.1, 0.15) is 29.8 Å². The number of carboxylic acid groups (broad SMARTS) is 1. The molecule has 0 atom stereocenters. The predicted octanol–water partition coefficient (Wildman–Crippen LogP) is 2.14. The molecule has 1 aromatic rings. The minimum Gasteiger partial charge on any atom is -0.481 e. The van der Waals surface area contributed by atoms with E-state index in [0.717, 1.165) is 31.6 Å². The molecular weight excluding hydrogens is 236 g/mol. The van der Waals surface area contributed by atoms with E-state index in [-0.39, 0.29) is 5.41 Å². The number of carbonyl (C=O) groups is 1. The van der Waals surface area contributed by atoms with Crippen LogP contribution in [0.15, 0.2) is 5.51 Å². The van der Waals surface area contributed by atoms with Gasteiger partial charge in [-0.1, -0.05) is 0 Å². The molecule has 2 rings (SSSR count). The van der Waals surface area contributed by atoms with Crippen molar-refractivity contribution in [2.24, 2.45) is 5.41 Å². The minimum absolute atomic E-state index is 0.0408. The maximum Gasteiger partial charge on any atom is 0.303 e. The molecule has 0 bridgehead atoms. The third-order valence-corrected chi connectivity index (χ3v) is 4.27. The Labute approximate surface area is 105 Å². The van der Waals surface area contributed by atoms with E-state index in [0.29, 0.717) is 6.42 Å². The van der Waals surface area contributed by atoms with Crippen LogP contribution in [-0.2, 0) is 11.3 Å². The van der Waals surface area contributed by atoms with Crippen molar-refractivity contribution >= 4 is 17.3 Å². The molecule has 5 heteroatoms. The van der Waals surface area contributed by atoms with Crippen LogP contribution in [0.3, 0.4) is 0 Å². The summed E-state index contributed by atoms with van der Waals surface area (Å²) in [7, 11) is 2.06. The largest absolute Gasteiger partial charge is 0.481 e. The molecule has 1 fully saturated rings. The number of aryl methyl sites for hydroxylation is 1. The molecule has 1 aliphatic carbocycles. The summed E-state index contributed by atoms with van der Waals surface area (Å²) >= 11 is 1.67. The van der Waals surface area contributed by atoms with Crippen molar-refractivity contribution in [2.45, 2.75) is 32.7 Å². The van der Waals surface area contributed by atoms with Crippen LogP contribution < -0.4 is 0 Å². The van der Waals surface area contributed by atoms with Crippen molar-refractivity contribution in [3.05, 3.63) is 16.1 Å². The lowest BCUT2D eigenvalue weighted by molar-refractivity contribution is -0.138. The molecule has 0 aromatic carbocycles. The zero-order valence-electron chi connectivity index (χ0n) is 10.3. The highest BCUT2D eigenvalue weighted by Crippen LogP contribution is 2.49. The number of nitrogens with zero attached hydrogens (tertiary/aromatic N) is 2. The van der Waals surface area contributed by atoms with Gasteiger partial charge in [-0.2, -0.15) is 0 Å². The Morgan fingerprint density at radius 1 is 1.65 bits per heavy atom. The Morgan fingerprint density at radius 3 is 2.82 bits per heavy atom. The molecule has 0 radical (unpaired) electrons. The first-order valence-electron chi connectivity index (χ1n) is 5.80. The van der Waals surface area contributed by atoms with Crippen molar-refractivity contribution < 1.29 is 9.90 Å². The average Bonchev–Trinajstić information content (AvgIpc) is 2.82. The van der Waals surface area contributed by atoms with E-state index in [2.05, 4.69) is 16.9 Å². The normalized spacial score (nSPS) is 17.4. The van der Waals surface area contributed by atoms with Crippen LogP contribution in [0, 0.1) is 12.3 Å². The van der Waals surface area contributed by atoms with Crippen LogP contribution in [0.5, 0.6) is 0 Å². The molecule has 17 heavy (non-hydrogen) atoms. The molecule has 1 heterocycles. The molecule has 4 nitrogen and oxygen atoms in total. The topological polar surface area (TPSA) is 53.4 Å². The molecule has 0 aliphatic heterocycles. The summed E-state index contributed by atoms with van der Waals surface area (Å²) in [4.78, 5) is 18.5. The number of aliphatic carboxylic acids is 1. The monoisotopic (exact) mass is 254 g/mol. The van der Waals surface area contributed by atoms with Crippen LogP contribution in [0.4, 0.5) is 0 Å². The van der Waals surface area contributed by atoms with Crippen LogP contribution in [-0.4, -0.2) is 34.6 Å². The highest BCUT2D eigenvalue weighted by Gasteiger charge is 2.45. The molecule has 0 spiro atoms. The molecule has 1 N–H and O–H groups in total. The van der Waals surface area contributed by atoms with Gasteiger partial charge in [-0.05, 0) is 32.2 Å². The molecule has 1 aromatic heterocycles. The highest BCUT2D eigenvalue weighted by molar-refractivity contribution is 7.09. The number of carboxylic acids is 1. The van der Waals surface area contributed by atoms with E-state index in [1.54, 1.807) is 11.3 Å². The van der Waals surface area contributed by atoms with Gasteiger partial charge in [0.25, 0.3) is 0 Å². The van der Waals surface area contributed by atoms with Gasteiger partial charge < -0.3 is 10.0 Å². The maximum absolute atomic E-state index is 10.8. The summed E-state index contributed by atoms with van der Waals surface area (Å²) in [6.07, 6.45) is 2.40. The smallest absolute Gasteiger partial charge is 0.303 e. The van der Waals surface area contributed by atoms with Crippen molar-refractivity contribution in [2.75, 3.05) is 13.6 Å². The Balaban J connectivity index is 1.87. The van der Waals surface area contributed by atoms with E-state index in [1.807, 2.05) is 12.4 Å². The SMILES string of the molecule is Cc1ncsc1CN(C)CC1(CC(=O)O)CC1. The van der Waals surface area contributed by atoms with Crippen LogP contribution >= 0.6 is 11.3 Å². The number of rotatable bonds is 6. The number of aromatic nitrogens is 1. The summed E-state index contributed by atoms with van der Waals surface area (Å²) in [5.41, 5.74) is 2.99. The quantitative estimate of drug-likeness (QED) is 0.845. The van der Waals surface area contributed by atoms with Crippen molar-refractivity contribution in [3.8, 4) is 0 Å². The standard InChI is InChI=1S/C12H18N2O2S/c1-9-10(17-8-13-9)6-14(2)7-12(3-4-12)5-11(15)16/h8H,3-7H2,1-2H3,(H,15,16). The molecule has 1 saturated carbocycles. The first-order valence-corrected chi connectivity index (χ1v) is 6.68. The Bertz CT molecular complexity index is 412. The first-order chi connectivity index (χ1) is 8.01. The van der Waals surface area contributed by atoms with Gasteiger partial charge in [0.15, 0.2) is 0 Å². The summed E-state index contributed by atoms with van der Waals surface area (Å²) in [6, 6.07) is 0. The maximum atomic E-state index is 10.8. The summed E-state index contributed by atoms with van der Waals surface area (Å²) in [6.45, 7) is 3.76. The van der Waals surface area contributed by atoms with E-state index in [9.17, 15) is 4.79 Å².